The van der Waals surface area contributed by atoms with Crippen molar-refractivity contribution in [3.8, 4) is 22.8 Å². The van der Waals surface area contributed by atoms with Gasteiger partial charge < -0.3 is 49.8 Å². The molecule has 0 N–H and O–H groups in total. The minimum absolute atomic E-state index is 0. The van der Waals surface area contributed by atoms with Gasteiger partial charge in [0.1, 0.15) is 0 Å². The van der Waals surface area contributed by atoms with Crippen LogP contribution >= 0.6 is 0 Å². The molecule has 3 atom stereocenters. The van der Waals surface area contributed by atoms with Gasteiger partial charge in [-0.1, -0.05) is 146 Å². The summed E-state index contributed by atoms with van der Waals surface area (Å²) in [5, 5.41) is 14.8. The van der Waals surface area contributed by atoms with Crippen molar-refractivity contribution in [1.29, 1.82) is 0 Å². The van der Waals surface area contributed by atoms with Crippen LogP contribution in [0.1, 0.15) is 45.7 Å². The van der Waals surface area contributed by atoms with E-state index in [1.54, 1.807) is 0 Å². The molecule has 9 aromatic carbocycles. The number of aromatic nitrogens is 12. The maximum absolute atomic E-state index is 5.22. The van der Waals surface area contributed by atoms with E-state index >= 15 is 0 Å². The van der Waals surface area contributed by atoms with E-state index in [4.69, 9.17) is 59.8 Å². The molecule has 394 valence electrons. The quantitative estimate of drug-likeness (QED) is 0.132. The summed E-state index contributed by atoms with van der Waals surface area (Å²) in [4.78, 5) is 61.2. The van der Waals surface area contributed by atoms with Crippen LogP contribution < -0.4 is 19.9 Å². The third-order valence-corrected chi connectivity index (χ3v) is 17.9. The average molecular weight is 1210 g/mol. The largest absolute Gasteiger partial charge is 2.00 e. The summed E-state index contributed by atoms with van der Waals surface area (Å²) in [6, 6.07) is 59.4. The first kappa shape index (κ1) is 50.8. The van der Waals surface area contributed by atoms with Gasteiger partial charge in [0.25, 0.3) is 0 Å². The zero-order chi connectivity index (χ0) is 54.7. The minimum Gasteiger partial charge on any atom is -0.358 e. The molecule has 3 unspecified atom stereocenters. The van der Waals surface area contributed by atoms with Gasteiger partial charge in [0.15, 0.2) is 0 Å². The molecule has 0 spiro atoms. The van der Waals surface area contributed by atoms with Gasteiger partial charge in [-0.15, -0.1) is 0 Å². The Bertz CT molecular complexity index is 5550. The van der Waals surface area contributed by atoms with Crippen molar-refractivity contribution < 1.29 is 39.0 Å². The zero-order valence-electron chi connectivity index (χ0n) is 46.2. The maximum atomic E-state index is 5.22. The van der Waals surface area contributed by atoms with Crippen LogP contribution in [0, 0.1) is 5.92 Å². The van der Waals surface area contributed by atoms with Gasteiger partial charge in [0, 0.05) is 74.1 Å². The fraction of sp³-hybridized carbons (Fsp3) is 0.0833. The third kappa shape index (κ3) is 7.93. The standard InChI is InChI=1S/C36H24N6.C36H18N6.2Zn/c2*1-2-8-20-14-26-25(13-19(20)7-1)31-37-32(26)41-34-29-17-23-11-5-6-12-24(23)18-30(29)36(39-34)42-35-28-16-22-10-4-3-9-21(22)15-27(28)33(38-35)40-31;;/h1-14,16,21,29-30H,15,17-18H2;1-18H;;/q2*-2;2*+2. The van der Waals surface area contributed by atoms with Gasteiger partial charge in [-0.25, -0.2) is 4.98 Å². The van der Waals surface area contributed by atoms with Crippen molar-refractivity contribution in [2.24, 2.45) is 5.92 Å². The number of benzene rings is 9. The zero-order valence-corrected chi connectivity index (χ0v) is 52.1. The van der Waals surface area contributed by atoms with Crippen molar-refractivity contribution in [2.75, 3.05) is 0 Å². The number of rotatable bonds is 0. The normalized spacial score (nSPS) is 16.4. The number of allylic oxidation sites excluding steroid dienone is 5. The Hall–Kier alpha value is -9.73. The summed E-state index contributed by atoms with van der Waals surface area (Å²) in [5.41, 5.74) is 13.2. The molecule has 2 aliphatic heterocycles. The average Bonchev–Trinajstić information content (AvgIpc) is 1.74. The number of fused-ring (bicyclic) bond motifs is 36. The van der Waals surface area contributed by atoms with Crippen LogP contribution in [-0.2, 0) is 58.2 Å². The van der Waals surface area contributed by atoms with E-state index < -0.39 is 0 Å². The van der Waals surface area contributed by atoms with Gasteiger partial charge in [-0.2, -0.15) is 0 Å². The summed E-state index contributed by atoms with van der Waals surface area (Å²) in [7, 11) is 0. The maximum Gasteiger partial charge on any atom is 2.00 e. The summed E-state index contributed by atoms with van der Waals surface area (Å²) in [5.74, 6) is 3.42. The molecule has 14 heteroatoms. The van der Waals surface area contributed by atoms with Gasteiger partial charge in [-0.3, -0.25) is 4.98 Å². The minimum atomic E-state index is 0. The van der Waals surface area contributed by atoms with Gasteiger partial charge in [-0.05, 0) is 177 Å². The van der Waals surface area contributed by atoms with Crippen molar-refractivity contribution in [3.63, 3.8) is 0 Å². The molecule has 6 aromatic heterocycles. The second-order valence-electron chi connectivity index (χ2n) is 22.8. The van der Waals surface area contributed by atoms with E-state index in [0.29, 0.717) is 62.7 Å². The second kappa shape index (κ2) is 19.4. The summed E-state index contributed by atoms with van der Waals surface area (Å²) < 4.78 is 0. The molecule has 0 radical (unpaired) electrons. The summed E-state index contributed by atoms with van der Waals surface area (Å²) in [6.45, 7) is 0. The molecule has 0 amide bonds. The Morgan fingerprint density at radius 1 is 0.337 bits per heavy atom. The smallest absolute Gasteiger partial charge is 0.358 e. The van der Waals surface area contributed by atoms with E-state index in [1.807, 2.05) is 36.4 Å². The Kier molecular flexibility index (Phi) is 11.5. The van der Waals surface area contributed by atoms with Crippen molar-refractivity contribution in [1.82, 2.24) is 59.8 Å². The fourth-order valence-electron chi connectivity index (χ4n) is 13.7. The van der Waals surface area contributed by atoms with E-state index in [9.17, 15) is 0 Å². The van der Waals surface area contributed by atoms with Crippen LogP contribution in [0.2, 0.25) is 0 Å². The monoisotopic (exact) mass is 1200 g/mol. The van der Waals surface area contributed by atoms with Crippen molar-refractivity contribution >= 4 is 127 Å². The molecule has 0 saturated heterocycles. The van der Waals surface area contributed by atoms with Crippen LogP contribution in [0.5, 0.6) is 0 Å². The number of nitrogens with zero attached hydrogens (tertiary/aromatic N) is 12. The molecule has 20 rings (SSSR count). The predicted octanol–water partition coefficient (Wildman–Crippen LogP) is 14.6. The molecule has 0 saturated carbocycles. The van der Waals surface area contributed by atoms with Crippen LogP contribution in [0.3, 0.4) is 0 Å². The van der Waals surface area contributed by atoms with Gasteiger partial charge >= 0.3 is 39.0 Å². The first-order chi connectivity index (χ1) is 41.5. The second-order valence-corrected chi connectivity index (χ2v) is 22.8. The molecule has 5 aliphatic rings. The van der Waals surface area contributed by atoms with Crippen LogP contribution in [0.4, 0.5) is 0 Å². The molecular formula is C72H42N12Zn2. The van der Waals surface area contributed by atoms with Crippen molar-refractivity contribution in [2.45, 2.75) is 31.1 Å². The Balaban J connectivity index is 0.000000131. The topological polar surface area (TPSA) is 160 Å². The number of hydrogen-bond donors (Lipinski definition) is 0. The van der Waals surface area contributed by atoms with Gasteiger partial charge in [0.05, 0.1) is 23.3 Å². The van der Waals surface area contributed by atoms with Crippen LogP contribution in [-0.4, -0.2) is 39.9 Å². The molecule has 3 aliphatic carbocycles. The Morgan fingerprint density at radius 3 is 1.16 bits per heavy atom. The third-order valence-electron chi connectivity index (χ3n) is 17.9. The van der Waals surface area contributed by atoms with E-state index in [2.05, 4.69) is 164 Å². The summed E-state index contributed by atoms with van der Waals surface area (Å²) >= 11 is 0. The van der Waals surface area contributed by atoms with Crippen LogP contribution in [0.25, 0.3) is 149 Å². The van der Waals surface area contributed by atoms with E-state index in [-0.39, 0.29) is 50.8 Å². The molecule has 86 heavy (non-hydrogen) atoms. The SMILES string of the molecule is C1=CC2=Cc3c(c4nc5[n-]c(nc6nc(nc3[n-]4)C3Cc4ccccc4CC63)c3cc4ccccc4cc53)CC2C=C1.[Zn+2].[Zn+2].c1ccc2cc3c(cc2c1)-c1nc-3nc2[n-]c(nc3[n-]c(n1)c1cc4ccccc4cc31)c1cc3ccccc3cc21. The first-order valence-electron chi connectivity index (χ1n) is 28.6. The fourth-order valence-corrected chi connectivity index (χ4v) is 13.7. The number of hydrogen-bond acceptors (Lipinski definition) is 8. The predicted molar refractivity (Wildman–Crippen MR) is 334 cm³/mol. The first-order valence-corrected chi connectivity index (χ1v) is 28.6. The Morgan fingerprint density at radius 2 is 0.709 bits per heavy atom. The van der Waals surface area contributed by atoms with Crippen LogP contribution in [0.15, 0.2) is 200 Å². The summed E-state index contributed by atoms with van der Waals surface area (Å²) in [6.07, 6.45) is 13.6. The molecule has 15 aromatic rings. The molecule has 12 nitrogen and oxygen atoms in total. The Labute approximate surface area is 515 Å². The molecule has 8 heterocycles. The van der Waals surface area contributed by atoms with E-state index in [0.717, 1.165) is 129 Å². The van der Waals surface area contributed by atoms with Crippen molar-refractivity contribution in [3.05, 3.63) is 234 Å². The molecule has 12 bridgehead atoms. The van der Waals surface area contributed by atoms with Gasteiger partial charge in [0.2, 0.25) is 0 Å². The molecule has 0 fully saturated rings. The van der Waals surface area contributed by atoms with E-state index in [1.165, 1.54) is 16.7 Å². The molecular weight excluding hydrogens is 1160 g/mol.